The molecule has 8 heteroatoms. The van der Waals surface area contributed by atoms with Crippen molar-refractivity contribution in [2.24, 2.45) is 0 Å². The van der Waals surface area contributed by atoms with Gasteiger partial charge in [-0.25, -0.2) is 17.6 Å². The van der Waals surface area contributed by atoms with Crippen LogP contribution in [0, 0.1) is 5.82 Å². The smallest absolute Gasteiger partial charge is 0.412 e. The second kappa shape index (κ2) is 8.05. The summed E-state index contributed by atoms with van der Waals surface area (Å²) in [5.41, 5.74) is 0. The Bertz CT molecular complexity index is 986. The molecule has 2 aromatic carbocycles. The van der Waals surface area contributed by atoms with Gasteiger partial charge in [-0.1, -0.05) is 18.2 Å². The van der Waals surface area contributed by atoms with Gasteiger partial charge in [-0.2, -0.15) is 0 Å². The summed E-state index contributed by atoms with van der Waals surface area (Å²) in [6.45, 7) is -0.279. The summed E-state index contributed by atoms with van der Waals surface area (Å²) in [7, 11) is -3.94. The van der Waals surface area contributed by atoms with Crippen LogP contribution in [-0.2, 0) is 9.84 Å². The Hall–Kier alpha value is -3.13. The lowest BCUT2D eigenvalue weighted by Crippen LogP contribution is -2.33. The molecule has 140 valence electrons. The molecule has 27 heavy (non-hydrogen) atoms. The fourth-order valence-corrected chi connectivity index (χ4v) is 4.02. The topological polar surface area (TPSA) is 85.6 Å². The van der Waals surface area contributed by atoms with Crippen LogP contribution in [0.2, 0.25) is 0 Å². The van der Waals surface area contributed by atoms with Crippen LogP contribution in [0.25, 0.3) is 0 Å². The Morgan fingerprint density at radius 1 is 1.04 bits per heavy atom. The molecule has 0 aliphatic rings. The normalized spacial score (nSPS) is 12.3. The van der Waals surface area contributed by atoms with E-state index >= 15 is 0 Å². The van der Waals surface area contributed by atoms with Crippen LogP contribution in [0.5, 0.6) is 5.75 Å². The lowest BCUT2D eigenvalue weighted by molar-refractivity contribution is 0.200. The molecule has 1 atom stereocenters. The SMILES string of the molecule is O=C(NC[C@H](c1ccco1)S(=O)(=O)c1ccc(F)cc1)Oc1ccccc1. The van der Waals surface area contributed by atoms with Crippen molar-refractivity contribution in [3.8, 4) is 5.75 Å². The Kier molecular flexibility index (Phi) is 5.56. The van der Waals surface area contributed by atoms with Crippen LogP contribution in [0.1, 0.15) is 11.0 Å². The lowest BCUT2D eigenvalue weighted by atomic mass is 10.3. The zero-order valence-electron chi connectivity index (χ0n) is 14.0. The molecule has 1 aromatic heterocycles. The third-order valence-electron chi connectivity index (χ3n) is 3.76. The molecule has 0 fully saturated rings. The Morgan fingerprint density at radius 2 is 1.74 bits per heavy atom. The second-order valence-corrected chi connectivity index (χ2v) is 7.72. The molecule has 0 aliphatic heterocycles. The van der Waals surface area contributed by atoms with E-state index in [1.54, 1.807) is 36.4 Å². The molecule has 1 N–H and O–H groups in total. The number of para-hydroxylation sites is 1. The van der Waals surface area contributed by atoms with Crippen LogP contribution in [-0.4, -0.2) is 21.1 Å². The number of rotatable bonds is 6. The molecule has 1 amide bonds. The van der Waals surface area contributed by atoms with Crippen LogP contribution in [0.15, 0.2) is 82.3 Å². The van der Waals surface area contributed by atoms with Gasteiger partial charge in [-0.3, -0.25) is 0 Å². The van der Waals surface area contributed by atoms with Crippen molar-refractivity contribution in [3.63, 3.8) is 0 Å². The number of halogens is 1. The number of sulfone groups is 1. The number of carbonyl (C=O) groups is 1. The first kappa shape index (κ1) is 18.7. The van der Waals surface area contributed by atoms with Crippen LogP contribution in [0.3, 0.4) is 0 Å². The number of hydrogen-bond acceptors (Lipinski definition) is 5. The van der Waals surface area contributed by atoms with E-state index in [4.69, 9.17) is 9.15 Å². The number of benzene rings is 2. The first-order valence-electron chi connectivity index (χ1n) is 8.00. The third kappa shape index (κ3) is 4.53. The van der Waals surface area contributed by atoms with Gasteiger partial charge >= 0.3 is 6.09 Å². The average Bonchev–Trinajstić information content (AvgIpc) is 3.17. The van der Waals surface area contributed by atoms with Crippen molar-refractivity contribution in [1.82, 2.24) is 5.32 Å². The molecule has 1 heterocycles. The molecule has 0 bridgehead atoms. The molecule has 0 spiro atoms. The zero-order valence-corrected chi connectivity index (χ0v) is 14.9. The molecule has 6 nitrogen and oxygen atoms in total. The average molecular weight is 389 g/mol. The molecule has 3 aromatic rings. The minimum absolute atomic E-state index is 0.0801. The Labute approximate surface area is 155 Å². The van der Waals surface area contributed by atoms with Crippen molar-refractivity contribution in [3.05, 3.63) is 84.6 Å². The van der Waals surface area contributed by atoms with Crippen LogP contribution in [0.4, 0.5) is 9.18 Å². The van der Waals surface area contributed by atoms with Gasteiger partial charge < -0.3 is 14.5 Å². The van der Waals surface area contributed by atoms with E-state index in [1.807, 2.05) is 0 Å². The summed E-state index contributed by atoms with van der Waals surface area (Å²) in [4.78, 5) is 11.9. The molecule has 0 unspecified atom stereocenters. The number of amides is 1. The van der Waals surface area contributed by atoms with Crippen molar-refractivity contribution in [1.29, 1.82) is 0 Å². The molecular formula is C19H16FNO5S. The predicted octanol–water partition coefficient (Wildman–Crippen LogP) is 3.72. The van der Waals surface area contributed by atoms with Gasteiger partial charge in [-0.15, -0.1) is 0 Å². The highest BCUT2D eigenvalue weighted by atomic mass is 32.2. The van der Waals surface area contributed by atoms with Gasteiger partial charge in [0.1, 0.15) is 22.6 Å². The van der Waals surface area contributed by atoms with Gasteiger partial charge in [0.2, 0.25) is 0 Å². The minimum Gasteiger partial charge on any atom is -0.468 e. The largest absolute Gasteiger partial charge is 0.468 e. The zero-order chi connectivity index (χ0) is 19.3. The lowest BCUT2D eigenvalue weighted by Gasteiger charge is -2.16. The number of carbonyl (C=O) groups excluding carboxylic acids is 1. The van der Waals surface area contributed by atoms with E-state index in [0.717, 1.165) is 12.1 Å². The number of ether oxygens (including phenoxy) is 1. The fraction of sp³-hybridized carbons (Fsp3) is 0.105. The highest BCUT2D eigenvalue weighted by molar-refractivity contribution is 7.91. The van der Waals surface area contributed by atoms with E-state index in [1.165, 1.54) is 24.5 Å². The predicted molar refractivity (Wildman–Crippen MR) is 95.5 cm³/mol. The summed E-state index contributed by atoms with van der Waals surface area (Å²) >= 11 is 0. The van der Waals surface area contributed by atoms with Gasteiger partial charge in [-0.05, 0) is 48.5 Å². The van der Waals surface area contributed by atoms with Crippen molar-refractivity contribution < 1.29 is 26.8 Å². The highest BCUT2D eigenvalue weighted by Gasteiger charge is 2.32. The quantitative estimate of drug-likeness (QED) is 0.650. The van der Waals surface area contributed by atoms with E-state index in [9.17, 15) is 17.6 Å². The maximum Gasteiger partial charge on any atom is 0.412 e. The van der Waals surface area contributed by atoms with Gasteiger partial charge in [0.25, 0.3) is 0 Å². The van der Waals surface area contributed by atoms with E-state index in [0.29, 0.717) is 5.75 Å². The third-order valence-corrected chi connectivity index (χ3v) is 5.84. The molecule has 0 aliphatic carbocycles. The van der Waals surface area contributed by atoms with Gasteiger partial charge in [0.05, 0.1) is 11.2 Å². The second-order valence-electron chi connectivity index (χ2n) is 5.59. The summed E-state index contributed by atoms with van der Waals surface area (Å²) in [6.07, 6.45) is 0.539. The summed E-state index contributed by atoms with van der Waals surface area (Å²) in [5.74, 6) is -0.0710. The van der Waals surface area contributed by atoms with Gasteiger partial charge in [0, 0.05) is 6.54 Å². The summed E-state index contributed by atoms with van der Waals surface area (Å²) < 4.78 is 49.3. The van der Waals surface area contributed by atoms with E-state index in [2.05, 4.69) is 5.32 Å². The van der Waals surface area contributed by atoms with Crippen LogP contribution >= 0.6 is 0 Å². The van der Waals surface area contributed by atoms with E-state index < -0.39 is 27.0 Å². The Balaban J connectivity index is 1.78. The highest BCUT2D eigenvalue weighted by Crippen LogP contribution is 2.29. The van der Waals surface area contributed by atoms with Crippen molar-refractivity contribution >= 4 is 15.9 Å². The minimum atomic E-state index is -3.94. The number of hydrogen-bond donors (Lipinski definition) is 1. The molecule has 0 radical (unpaired) electrons. The number of furan rings is 1. The maximum absolute atomic E-state index is 13.1. The van der Waals surface area contributed by atoms with Crippen molar-refractivity contribution in [2.75, 3.05) is 6.54 Å². The number of nitrogens with one attached hydrogen (secondary N) is 1. The summed E-state index contributed by atoms with van der Waals surface area (Å²) in [6, 6.07) is 15.9. The first-order valence-corrected chi connectivity index (χ1v) is 9.55. The van der Waals surface area contributed by atoms with Crippen molar-refractivity contribution in [2.45, 2.75) is 10.1 Å². The maximum atomic E-state index is 13.1. The molecule has 0 saturated heterocycles. The standard InChI is InChI=1S/C19H16FNO5S/c20-14-8-10-16(11-9-14)27(23,24)18(17-7-4-12-25-17)13-21-19(22)26-15-5-2-1-3-6-15/h1-12,18H,13H2,(H,21,22)/t18-/m1/s1. The monoisotopic (exact) mass is 389 g/mol. The molecule has 0 saturated carbocycles. The Morgan fingerprint density at radius 3 is 2.37 bits per heavy atom. The summed E-state index contributed by atoms with van der Waals surface area (Å²) in [5, 5.41) is 1.24. The first-order chi connectivity index (χ1) is 13.0. The molecular weight excluding hydrogens is 373 g/mol. The van der Waals surface area contributed by atoms with E-state index in [-0.39, 0.29) is 17.2 Å². The molecule has 3 rings (SSSR count). The van der Waals surface area contributed by atoms with Crippen LogP contribution < -0.4 is 10.1 Å². The fourth-order valence-electron chi connectivity index (χ4n) is 2.43. The van der Waals surface area contributed by atoms with Gasteiger partial charge in [0.15, 0.2) is 9.84 Å².